The molecule has 2 aromatic rings. The van der Waals surface area contributed by atoms with Crippen molar-refractivity contribution in [1.82, 2.24) is 10.3 Å². The number of carbonyl (C=O) groups is 1. The van der Waals surface area contributed by atoms with Gasteiger partial charge in [-0.2, -0.15) is 0 Å². The molecule has 1 aromatic carbocycles. The summed E-state index contributed by atoms with van der Waals surface area (Å²) in [5.41, 5.74) is 1.86. The maximum atomic E-state index is 11.8. The first kappa shape index (κ1) is 14.8. The molecule has 4 heteroatoms. The van der Waals surface area contributed by atoms with Gasteiger partial charge in [-0.25, -0.2) is 4.98 Å². The number of hydrogen-bond acceptors (Lipinski definition) is 3. The molecule has 0 spiro atoms. The van der Waals surface area contributed by atoms with Crippen LogP contribution >= 0.6 is 0 Å². The molecule has 1 amide bonds. The Hall–Kier alpha value is -2.62. The minimum atomic E-state index is -0.122. The van der Waals surface area contributed by atoms with Crippen molar-refractivity contribution >= 4 is 11.7 Å². The van der Waals surface area contributed by atoms with Gasteiger partial charge in [0, 0.05) is 24.8 Å². The quantitative estimate of drug-likeness (QED) is 0.767. The molecular weight excluding hydrogens is 262 g/mol. The first-order chi connectivity index (χ1) is 10.3. The Morgan fingerprint density at radius 2 is 2.05 bits per heavy atom. The average Bonchev–Trinajstić information content (AvgIpc) is 2.54. The first-order valence-electron chi connectivity index (χ1n) is 6.92. The number of hydrogen-bond donors (Lipinski definition) is 2. The molecule has 1 aromatic heterocycles. The van der Waals surface area contributed by atoms with Crippen molar-refractivity contribution in [2.45, 2.75) is 6.42 Å². The van der Waals surface area contributed by atoms with Gasteiger partial charge in [0.1, 0.15) is 5.82 Å². The third-order valence-corrected chi connectivity index (χ3v) is 2.99. The zero-order valence-corrected chi connectivity index (χ0v) is 11.9. The summed E-state index contributed by atoms with van der Waals surface area (Å²) >= 11 is 0. The molecule has 0 aliphatic rings. The second-order valence-corrected chi connectivity index (χ2v) is 4.59. The van der Waals surface area contributed by atoms with Crippen molar-refractivity contribution in [1.29, 1.82) is 0 Å². The number of nitrogens with zero attached hydrogens (tertiary/aromatic N) is 1. The molecule has 4 nitrogen and oxygen atoms in total. The highest BCUT2D eigenvalue weighted by molar-refractivity contribution is 5.94. The van der Waals surface area contributed by atoms with Crippen LogP contribution < -0.4 is 10.6 Å². The van der Waals surface area contributed by atoms with E-state index in [-0.39, 0.29) is 5.91 Å². The van der Waals surface area contributed by atoms with E-state index in [1.54, 1.807) is 24.4 Å². The first-order valence-corrected chi connectivity index (χ1v) is 6.92. The molecule has 1 heterocycles. The number of amides is 1. The Kier molecular flexibility index (Phi) is 5.52. The van der Waals surface area contributed by atoms with E-state index in [4.69, 9.17) is 0 Å². The highest BCUT2D eigenvalue weighted by atomic mass is 16.1. The van der Waals surface area contributed by atoms with Gasteiger partial charge in [-0.05, 0) is 24.1 Å². The summed E-state index contributed by atoms with van der Waals surface area (Å²) in [7, 11) is 0. The summed E-state index contributed by atoms with van der Waals surface area (Å²) in [6.45, 7) is 4.80. The third-order valence-electron chi connectivity index (χ3n) is 2.99. The van der Waals surface area contributed by atoms with Crippen molar-refractivity contribution < 1.29 is 4.79 Å². The summed E-state index contributed by atoms with van der Waals surface area (Å²) in [5, 5.41) is 5.98. The average molecular weight is 281 g/mol. The second-order valence-electron chi connectivity index (χ2n) is 4.59. The van der Waals surface area contributed by atoms with Gasteiger partial charge in [0.2, 0.25) is 0 Å². The minimum absolute atomic E-state index is 0.122. The van der Waals surface area contributed by atoms with Crippen molar-refractivity contribution in [2.75, 3.05) is 18.4 Å². The Balaban J connectivity index is 1.89. The molecule has 108 valence electrons. The van der Waals surface area contributed by atoms with Crippen LogP contribution in [0.1, 0.15) is 15.9 Å². The molecule has 0 aliphatic heterocycles. The van der Waals surface area contributed by atoms with Gasteiger partial charge in [0.15, 0.2) is 0 Å². The van der Waals surface area contributed by atoms with E-state index in [0.29, 0.717) is 17.9 Å². The molecule has 0 aliphatic carbocycles. The number of rotatable bonds is 7. The van der Waals surface area contributed by atoms with Crippen LogP contribution in [0, 0.1) is 0 Å². The van der Waals surface area contributed by atoms with Crippen LogP contribution in [0.25, 0.3) is 0 Å². The molecule has 21 heavy (non-hydrogen) atoms. The number of pyridine rings is 1. The maximum absolute atomic E-state index is 11.8. The molecule has 0 fully saturated rings. The van der Waals surface area contributed by atoms with Gasteiger partial charge < -0.3 is 10.6 Å². The van der Waals surface area contributed by atoms with Crippen molar-refractivity contribution in [2.24, 2.45) is 0 Å². The molecule has 2 rings (SSSR count). The van der Waals surface area contributed by atoms with Crippen LogP contribution in [0.3, 0.4) is 0 Å². The van der Waals surface area contributed by atoms with Crippen molar-refractivity contribution in [3.63, 3.8) is 0 Å². The predicted octanol–water partition coefficient (Wildman–Crippen LogP) is 2.65. The standard InChI is InChI=1S/C17H19N3O/c1-2-10-20-17(21)15-9-12-19-16(13-15)18-11-8-14-6-4-3-5-7-14/h2-7,9,12-13H,1,8,10-11H2,(H,18,19)(H,20,21). The van der Waals surface area contributed by atoms with E-state index in [2.05, 4.69) is 34.3 Å². The Labute approximate surface area is 124 Å². The van der Waals surface area contributed by atoms with Crippen LogP contribution in [0.15, 0.2) is 61.3 Å². The van der Waals surface area contributed by atoms with Crippen LogP contribution in [0.5, 0.6) is 0 Å². The van der Waals surface area contributed by atoms with Gasteiger partial charge in [-0.15, -0.1) is 6.58 Å². The van der Waals surface area contributed by atoms with E-state index < -0.39 is 0 Å². The van der Waals surface area contributed by atoms with E-state index in [9.17, 15) is 4.79 Å². The van der Waals surface area contributed by atoms with Crippen LogP contribution in [0.2, 0.25) is 0 Å². The predicted molar refractivity (Wildman–Crippen MR) is 85.4 cm³/mol. The zero-order valence-electron chi connectivity index (χ0n) is 11.9. The molecule has 0 atom stereocenters. The lowest BCUT2D eigenvalue weighted by Gasteiger charge is -2.07. The zero-order chi connectivity index (χ0) is 14.9. The van der Waals surface area contributed by atoms with Gasteiger partial charge >= 0.3 is 0 Å². The lowest BCUT2D eigenvalue weighted by Crippen LogP contribution is -2.23. The van der Waals surface area contributed by atoms with Gasteiger partial charge in [-0.3, -0.25) is 4.79 Å². The second kappa shape index (κ2) is 7.85. The van der Waals surface area contributed by atoms with E-state index in [1.165, 1.54) is 5.56 Å². The number of carbonyl (C=O) groups excluding carboxylic acids is 1. The minimum Gasteiger partial charge on any atom is -0.370 e. The lowest BCUT2D eigenvalue weighted by molar-refractivity contribution is 0.0958. The number of aromatic nitrogens is 1. The lowest BCUT2D eigenvalue weighted by atomic mass is 10.1. The highest BCUT2D eigenvalue weighted by Gasteiger charge is 2.05. The molecular formula is C17H19N3O. The number of nitrogens with one attached hydrogen (secondary N) is 2. The molecule has 0 bridgehead atoms. The fraction of sp³-hybridized carbons (Fsp3) is 0.176. The summed E-state index contributed by atoms with van der Waals surface area (Å²) in [6, 6.07) is 13.7. The van der Waals surface area contributed by atoms with Crippen LogP contribution in [0.4, 0.5) is 5.82 Å². The van der Waals surface area contributed by atoms with Gasteiger partial charge in [0.05, 0.1) is 0 Å². The van der Waals surface area contributed by atoms with Gasteiger partial charge in [-0.1, -0.05) is 36.4 Å². The van der Waals surface area contributed by atoms with E-state index >= 15 is 0 Å². The van der Waals surface area contributed by atoms with Gasteiger partial charge in [0.25, 0.3) is 5.91 Å². The summed E-state index contributed by atoms with van der Waals surface area (Å²) < 4.78 is 0. The summed E-state index contributed by atoms with van der Waals surface area (Å²) in [5.74, 6) is 0.584. The van der Waals surface area contributed by atoms with Crippen molar-refractivity contribution in [3.8, 4) is 0 Å². The summed E-state index contributed by atoms with van der Waals surface area (Å²) in [6.07, 6.45) is 4.20. The largest absolute Gasteiger partial charge is 0.370 e. The maximum Gasteiger partial charge on any atom is 0.251 e. The highest BCUT2D eigenvalue weighted by Crippen LogP contribution is 2.07. The molecule has 0 saturated heterocycles. The smallest absolute Gasteiger partial charge is 0.251 e. The van der Waals surface area contributed by atoms with E-state index in [1.807, 2.05) is 18.2 Å². The monoisotopic (exact) mass is 281 g/mol. The van der Waals surface area contributed by atoms with Crippen molar-refractivity contribution in [3.05, 3.63) is 72.4 Å². The fourth-order valence-electron chi connectivity index (χ4n) is 1.91. The fourth-order valence-corrected chi connectivity index (χ4v) is 1.91. The molecule has 2 N–H and O–H groups in total. The molecule has 0 saturated carbocycles. The van der Waals surface area contributed by atoms with E-state index in [0.717, 1.165) is 13.0 Å². The normalized spacial score (nSPS) is 9.90. The summed E-state index contributed by atoms with van der Waals surface area (Å²) in [4.78, 5) is 16.1. The third kappa shape index (κ3) is 4.76. The van der Waals surface area contributed by atoms with Crippen LogP contribution in [-0.4, -0.2) is 24.0 Å². The molecule has 0 radical (unpaired) electrons. The number of anilines is 1. The Morgan fingerprint density at radius 3 is 2.81 bits per heavy atom. The SMILES string of the molecule is C=CCNC(=O)c1ccnc(NCCc2ccccc2)c1. The number of benzene rings is 1. The van der Waals surface area contributed by atoms with Crippen LogP contribution in [-0.2, 0) is 6.42 Å². The molecule has 0 unspecified atom stereocenters. The topological polar surface area (TPSA) is 54.0 Å². The Bertz CT molecular complexity index is 596. The Morgan fingerprint density at radius 1 is 1.24 bits per heavy atom.